The molecule has 0 radical (unpaired) electrons. The molecule has 2 aromatic rings. The fourth-order valence-corrected chi connectivity index (χ4v) is 3.96. The molecule has 1 fully saturated rings. The summed E-state index contributed by atoms with van der Waals surface area (Å²) in [4.78, 5) is 10.9. The van der Waals surface area contributed by atoms with Crippen molar-refractivity contribution in [3.8, 4) is 17.5 Å². The summed E-state index contributed by atoms with van der Waals surface area (Å²) in [6, 6.07) is 5.55. The summed E-state index contributed by atoms with van der Waals surface area (Å²) in [5, 5.41) is 0. The number of pyridine rings is 2. The molecule has 2 atom stereocenters. The first-order chi connectivity index (χ1) is 14.5. The van der Waals surface area contributed by atoms with Crippen molar-refractivity contribution in [2.75, 3.05) is 26.9 Å². The number of hydrogen-bond donors (Lipinski definition) is 0. The lowest BCUT2D eigenvalue weighted by molar-refractivity contribution is -0.0232. The molecule has 1 saturated heterocycles. The second-order valence-corrected chi connectivity index (χ2v) is 7.85. The van der Waals surface area contributed by atoms with Crippen molar-refractivity contribution in [1.82, 2.24) is 14.9 Å². The number of piperidine rings is 1. The molecule has 4 heterocycles. The van der Waals surface area contributed by atoms with Crippen LogP contribution in [0.15, 0.2) is 18.2 Å². The highest BCUT2D eigenvalue weighted by molar-refractivity contribution is 5.36. The summed E-state index contributed by atoms with van der Waals surface area (Å²) in [6.07, 6.45) is 1.93. The molecule has 2 aliphatic heterocycles. The van der Waals surface area contributed by atoms with Crippen LogP contribution in [0.5, 0.6) is 17.5 Å². The molecule has 0 bridgehead atoms. The number of methoxy groups -OCH3 is 1. The van der Waals surface area contributed by atoms with Gasteiger partial charge in [-0.2, -0.15) is 0 Å². The largest absolute Gasteiger partial charge is 0.484 e. The molecular weight excluding hydrogens is 389 g/mol. The summed E-state index contributed by atoms with van der Waals surface area (Å²) in [5.74, 6) is 1.01. The van der Waals surface area contributed by atoms with Gasteiger partial charge in [-0.15, -0.1) is 0 Å². The number of aryl methyl sites for hydroxylation is 1. The van der Waals surface area contributed by atoms with Gasteiger partial charge >= 0.3 is 0 Å². The highest BCUT2D eigenvalue weighted by atomic mass is 19.1. The van der Waals surface area contributed by atoms with Crippen LogP contribution in [0.25, 0.3) is 0 Å². The Hall–Kier alpha value is -2.45. The number of rotatable bonds is 6. The quantitative estimate of drug-likeness (QED) is 0.715. The summed E-state index contributed by atoms with van der Waals surface area (Å²) < 4.78 is 36.8. The Labute approximate surface area is 176 Å². The molecule has 4 rings (SSSR count). The zero-order chi connectivity index (χ0) is 21.1. The van der Waals surface area contributed by atoms with E-state index in [0.717, 1.165) is 30.6 Å². The van der Waals surface area contributed by atoms with Gasteiger partial charge in [-0.1, -0.05) is 0 Å². The van der Waals surface area contributed by atoms with Crippen LogP contribution in [0.4, 0.5) is 4.39 Å². The van der Waals surface area contributed by atoms with Crippen LogP contribution in [0.2, 0.25) is 0 Å². The molecule has 0 spiro atoms. The number of halogens is 1. The molecule has 0 amide bonds. The first kappa shape index (κ1) is 20.8. The van der Waals surface area contributed by atoms with Gasteiger partial charge in [0.05, 0.1) is 25.5 Å². The van der Waals surface area contributed by atoms with Gasteiger partial charge in [-0.25, -0.2) is 14.4 Å². The van der Waals surface area contributed by atoms with E-state index in [-0.39, 0.29) is 18.0 Å². The predicted octanol–water partition coefficient (Wildman–Crippen LogP) is 3.27. The first-order valence-electron chi connectivity index (χ1n) is 10.3. The Kier molecular flexibility index (Phi) is 6.34. The van der Waals surface area contributed by atoms with E-state index in [2.05, 4.69) is 21.8 Å². The van der Waals surface area contributed by atoms with Crippen LogP contribution in [0, 0.1) is 12.7 Å². The van der Waals surface area contributed by atoms with E-state index < -0.39 is 0 Å². The fraction of sp³-hybridized carbons (Fsp3) is 0.545. The third-order valence-corrected chi connectivity index (χ3v) is 5.56. The third-order valence-electron chi connectivity index (χ3n) is 5.56. The average Bonchev–Trinajstić information content (AvgIpc) is 2.74. The van der Waals surface area contributed by atoms with Crippen LogP contribution in [0.3, 0.4) is 0 Å². The molecule has 0 saturated carbocycles. The molecule has 0 aromatic carbocycles. The Morgan fingerprint density at radius 1 is 1.20 bits per heavy atom. The molecule has 30 heavy (non-hydrogen) atoms. The SMILES string of the molecule is COc1cc(CO[C@H]2CCN(Cc3nc4c(cc3F)OCCO4)[C@@H](C)C2)cc(C)n1. The minimum Gasteiger partial charge on any atom is -0.484 e. The highest BCUT2D eigenvalue weighted by Crippen LogP contribution is 2.31. The Bertz CT molecular complexity index is 895. The van der Waals surface area contributed by atoms with Crippen LogP contribution in [-0.4, -0.2) is 53.9 Å². The van der Waals surface area contributed by atoms with Gasteiger partial charge < -0.3 is 18.9 Å². The zero-order valence-corrected chi connectivity index (χ0v) is 17.7. The molecular formula is C22H28FN3O4. The van der Waals surface area contributed by atoms with Crippen LogP contribution in [-0.2, 0) is 17.9 Å². The van der Waals surface area contributed by atoms with E-state index in [4.69, 9.17) is 18.9 Å². The number of likely N-dealkylation sites (tertiary alicyclic amines) is 1. The third kappa shape index (κ3) is 4.82. The lowest BCUT2D eigenvalue weighted by Gasteiger charge is -2.37. The second kappa shape index (κ2) is 9.14. The summed E-state index contributed by atoms with van der Waals surface area (Å²) in [5.41, 5.74) is 2.35. The summed E-state index contributed by atoms with van der Waals surface area (Å²) in [6.45, 7) is 6.73. The van der Waals surface area contributed by atoms with Gasteiger partial charge in [0.1, 0.15) is 19.0 Å². The number of fused-ring (bicyclic) bond motifs is 1. The second-order valence-electron chi connectivity index (χ2n) is 7.85. The maximum absolute atomic E-state index is 14.5. The molecule has 0 N–H and O–H groups in total. The Balaban J connectivity index is 1.33. The standard InChI is InChI=1S/C22H28FN3O4/c1-14-8-16(10-21(24-14)27-3)13-30-17-4-5-26(15(2)9-17)12-19-18(23)11-20-22(25-19)29-7-6-28-20/h8,10-11,15,17H,4-7,9,12-13H2,1-3H3/t15-,17-/m0/s1. The van der Waals surface area contributed by atoms with Crippen LogP contribution < -0.4 is 14.2 Å². The van der Waals surface area contributed by atoms with Crippen molar-refractivity contribution in [1.29, 1.82) is 0 Å². The fourth-order valence-electron chi connectivity index (χ4n) is 3.96. The minimum atomic E-state index is -0.355. The smallest absolute Gasteiger partial charge is 0.257 e. The van der Waals surface area contributed by atoms with E-state index in [0.29, 0.717) is 49.6 Å². The monoisotopic (exact) mass is 417 g/mol. The lowest BCUT2D eigenvalue weighted by Crippen LogP contribution is -2.43. The number of aromatic nitrogens is 2. The Morgan fingerprint density at radius 3 is 2.83 bits per heavy atom. The van der Waals surface area contributed by atoms with E-state index >= 15 is 0 Å². The van der Waals surface area contributed by atoms with Crippen molar-refractivity contribution in [3.05, 3.63) is 41.0 Å². The molecule has 7 nitrogen and oxygen atoms in total. The predicted molar refractivity (Wildman–Crippen MR) is 108 cm³/mol. The molecule has 2 aliphatic rings. The van der Waals surface area contributed by atoms with Crippen molar-refractivity contribution in [2.45, 2.75) is 52.0 Å². The normalized spacial score (nSPS) is 21.5. The Morgan fingerprint density at radius 2 is 2.03 bits per heavy atom. The van der Waals surface area contributed by atoms with Gasteiger partial charge in [-0.05, 0) is 38.3 Å². The van der Waals surface area contributed by atoms with Crippen molar-refractivity contribution < 1.29 is 23.3 Å². The number of ether oxygens (including phenoxy) is 4. The molecule has 0 unspecified atom stereocenters. The molecule has 162 valence electrons. The minimum absolute atomic E-state index is 0.161. The van der Waals surface area contributed by atoms with Crippen molar-refractivity contribution >= 4 is 0 Å². The zero-order valence-electron chi connectivity index (χ0n) is 17.7. The number of nitrogens with zero attached hydrogens (tertiary/aromatic N) is 3. The van der Waals surface area contributed by atoms with Gasteiger partial charge in [-0.3, -0.25) is 4.90 Å². The van der Waals surface area contributed by atoms with Crippen molar-refractivity contribution in [3.63, 3.8) is 0 Å². The van der Waals surface area contributed by atoms with Crippen LogP contribution in [0.1, 0.15) is 36.7 Å². The van der Waals surface area contributed by atoms with Gasteiger partial charge in [0, 0.05) is 37.0 Å². The molecule has 0 aliphatic carbocycles. The number of hydrogen-bond acceptors (Lipinski definition) is 7. The van der Waals surface area contributed by atoms with E-state index in [9.17, 15) is 4.39 Å². The summed E-state index contributed by atoms with van der Waals surface area (Å²) >= 11 is 0. The van der Waals surface area contributed by atoms with Gasteiger partial charge in [0.15, 0.2) is 5.75 Å². The maximum atomic E-state index is 14.5. The average molecular weight is 417 g/mol. The van der Waals surface area contributed by atoms with E-state index in [1.54, 1.807) is 7.11 Å². The highest BCUT2D eigenvalue weighted by Gasteiger charge is 2.28. The summed E-state index contributed by atoms with van der Waals surface area (Å²) in [7, 11) is 1.61. The van der Waals surface area contributed by atoms with Gasteiger partial charge in [0.25, 0.3) is 5.88 Å². The van der Waals surface area contributed by atoms with E-state index in [1.165, 1.54) is 6.07 Å². The van der Waals surface area contributed by atoms with E-state index in [1.807, 2.05) is 19.1 Å². The lowest BCUT2D eigenvalue weighted by atomic mass is 10.00. The van der Waals surface area contributed by atoms with Gasteiger partial charge in [0.2, 0.25) is 5.88 Å². The molecule has 8 heteroatoms. The molecule has 2 aromatic heterocycles. The maximum Gasteiger partial charge on any atom is 0.257 e. The first-order valence-corrected chi connectivity index (χ1v) is 10.3. The topological polar surface area (TPSA) is 65.9 Å². The van der Waals surface area contributed by atoms with Crippen molar-refractivity contribution in [2.24, 2.45) is 0 Å². The van der Waals surface area contributed by atoms with Crippen LogP contribution >= 0.6 is 0 Å².